The summed E-state index contributed by atoms with van der Waals surface area (Å²) < 4.78 is 0. The van der Waals surface area contributed by atoms with Gasteiger partial charge in [-0.3, -0.25) is 10.1 Å². The van der Waals surface area contributed by atoms with E-state index in [1.165, 1.54) is 11.1 Å². The third-order valence-electron chi connectivity index (χ3n) is 3.15. The van der Waals surface area contributed by atoms with Gasteiger partial charge in [-0.15, -0.1) is 0 Å². The van der Waals surface area contributed by atoms with Crippen LogP contribution in [0.4, 0.5) is 11.4 Å². The molecule has 0 radical (unpaired) electrons. The Bertz CT molecular complexity index is 644. The highest BCUT2D eigenvalue weighted by Gasteiger charge is 2.13. The summed E-state index contributed by atoms with van der Waals surface area (Å²) in [5.41, 5.74) is 4.18. The van der Waals surface area contributed by atoms with E-state index >= 15 is 0 Å². The summed E-state index contributed by atoms with van der Waals surface area (Å²) in [6, 6.07) is 13.7. The van der Waals surface area contributed by atoms with E-state index in [0.29, 0.717) is 5.69 Å². The summed E-state index contributed by atoms with van der Waals surface area (Å²) in [6.45, 7) is 2.08. The second kappa shape index (κ2) is 7.13. The highest BCUT2D eigenvalue weighted by Crippen LogP contribution is 2.27. The standard InChI is InChI=1S/C16H18N2O2S/c1-12-4-3-5-13(8-12)10-21-11-14-6-7-15(17-2)16(9-14)18(19)20/h3-9,17H,10-11H2,1-2H3. The number of hydrogen-bond donors (Lipinski definition) is 1. The molecule has 21 heavy (non-hydrogen) atoms. The maximum Gasteiger partial charge on any atom is 0.292 e. The van der Waals surface area contributed by atoms with Gasteiger partial charge in [0, 0.05) is 24.6 Å². The molecule has 0 aliphatic carbocycles. The van der Waals surface area contributed by atoms with Crippen molar-refractivity contribution in [3.05, 3.63) is 69.3 Å². The minimum absolute atomic E-state index is 0.131. The minimum Gasteiger partial charge on any atom is -0.383 e. The molecule has 0 saturated heterocycles. The number of nitro benzene ring substituents is 1. The summed E-state index contributed by atoms with van der Waals surface area (Å²) in [5.74, 6) is 1.67. The summed E-state index contributed by atoms with van der Waals surface area (Å²) in [4.78, 5) is 10.7. The van der Waals surface area contributed by atoms with Gasteiger partial charge >= 0.3 is 0 Å². The van der Waals surface area contributed by atoms with Crippen LogP contribution >= 0.6 is 11.8 Å². The van der Waals surface area contributed by atoms with Crippen LogP contribution in [0, 0.1) is 17.0 Å². The molecule has 5 heteroatoms. The van der Waals surface area contributed by atoms with Crippen LogP contribution in [-0.4, -0.2) is 12.0 Å². The van der Waals surface area contributed by atoms with Crippen molar-refractivity contribution in [1.82, 2.24) is 0 Å². The van der Waals surface area contributed by atoms with Crippen LogP contribution in [-0.2, 0) is 11.5 Å². The molecule has 2 rings (SSSR count). The first-order valence-electron chi connectivity index (χ1n) is 6.68. The maximum absolute atomic E-state index is 11.0. The van der Waals surface area contributed by atoms with Gasteiger partial charge < -0.3 is 5.32 Å². The third-order valence-corrected chi connectivity index (χ3v) is 4.22. The molecule has 2 aromatic rings. The van der Waals surface area contributed by atoms with Gasteiger partial charge in [0.2, 0.25) is 0 Å². The first-order chi connectivity index (χ1) is 10.1. The van der Waals surface area contributed by atoms with Crippen molar-refractivity contribution in [2.45, 2.75) is 18.4 Å². The molecule has 0 atom stereocenters. The Hall–Kier alpha value is -2.01. The van der Waals surface area contributed by atoms with Crippen molar-refractivity contribution in [3.63, 3.8) is 0 Å². The Morgan fingerprint density at radius 1 is 1.14 bits per heavy atom. The van der Waals surface area contributed by atoms with Crippen molar-refractivity contribution in [2.75, 3.05) is 12.4 Å². The van der Waals surface area contributed by atoms with E-state index < -0.39 is 0 Å². The van der Waals surface area contributed by atoms with Gasteiger partial charge in [0.1, 0.15) is 5.69 Å². The van der Waals surface area contributed by atoms with E-state index in [-0.39, 0.29) is 10.6 Å². The quantitative estimate of drug-likeness (QED) is 0.635. The zero-order valence-corrected chi connectivity index (χ0v) is 12.9. The molecule has 2 aromatic carbocycles. The lowest BCUT2D eigenvalue weighted by Gasteiger charge is -2.06. The number of aryl methyl sites for hydroxylation is 1. The van der Waals surface area contributed by atoms with Gasteiger partial charge in [-0.05, 0) is 24.1 Å². The molecule has 0 spiro atoms. The number of thioether (sulfide) groups is 1. The fourth-order valence-electron chi connectivity index (χ4n) is 2.12. The number of nitrogens with one attached hydrogen (secondary N) is 1. The molecule has 0 unspecified atom stereocenters. The Morgan fingerprint density at radius 3 is 2.48 bits per heavy atom. The van der Waals surface area contributed by atoms with E-state index in [0.717, 1.165) is 17.1 Å². The SMILES string of the molecule is CNc1ccc(CSCc2cccc(C)c2)cc1[N+](=O)[O-]. The average molecular weight is 302 g/mol. The van der Waals surface area contributed by atoms with Gasteiger partial charge in [-0.1, -0.05) is 35.9 Å². The molecule has 1 N–H and O–H groups in total. The largest absolute Gasteiger partial charge is 0.383 e. The Morgan fingerprint density at radius 2 is 1.86 bits per heavy atom. The van der Waals surface area contributed by atoms with Crippen LogP contribution in [0.5, 0.6) is 0 Å². The summed E-state index contributed by atoms with van der Waals surface area (Å²) in [5, 5.41) is 13.9. The van der Waals surface area contributed by atoms with Crippen LogP contribution < -0.4 is 5.32 Å². The molecule has 110 valence electrons. The predicted molar refractivity (Wildman–Crippen MR) is 88.8 cm³/mol. The zero-order valence-electron chi connectivity index (χ0n) is 12.1. The maximum atomic E-state index is 11.0. The lowest BCUT2D eigenvalue weighted by molar-refractivity contribution is -0.384. The number of anilines is 1. The molecule has 0 bridgehead atoms. The average Bonchev–Trinajstić information content (AvgIpc) is 2.47. The molecule has 4 nitrogen and oxygen atoms in total. The topological polar surface area (TPSA) is 55.2 Å². The minimum atomic E-state index is -0.347. The fraction of sp³-hybridized carbons (Fsp3) is 0.250. The van der Waals surface area contributed by atoms with Crippen molar-refractivity contribution in [3.8, 4) is 0 Å². The van der Waals surface area contributed by atoms with E-state index in [9.17, 15) is 10.1 Å². The highest BCUT2D eigenvalue weighted by atomic mass is 32.2. The highest BCUT2D eigenvalue weighted by molar-refractivity contribution is 7.97. The van der Waals surface area contributed by atoms with Gasteiger partial charge in [0.25, 0.3) is 5.69 Å². The van der Waals surface area contributed by atoms with Crippen molar-refractivity contribution in [2.24, 2.45) is 0 Å². The van der Waals surface area contributed by atoms with Crippen molar-refractivity contribution < 1.29 is 4.92 Å². The smallest absolute Gasteiger partial charge is 0.292 e. The van der Waals surface area contributed by atoms with Crippen molar-refractivity contribution in [1.29, 1.82) is 0 Å². The number of nitro groups is 1. The Labute approximate surface area is 128 Å². The predicted octanol–water partition coefficient (Wildman–Crippen LogP) is 4.38. The summed E-state index contributed by atoms with van der Waals surface area (Å²) in [7, 11) is 1.69. The van der Waals surface area contributed by atoms with Crippen molar-refractivity contribution >= 4 is 23.1 Å². The molecule has 0 aliphatic rings. The number of hydrogen-bond acceptors (Lipinski definition) is 4. The first-order valence-corrected chi connectivity index (χ1v) is 7.84. The van der Waals surface area contributed by atoms with Crippen LogP contribution in [0.25, 0.3) is 0 Å². The van der Waals surface area contributed by atoms with Gasteiger partial charge in [0.15, 0.2) is 0 Å². The third kappa shape index (κ3) is 4.23. The van der Waals surface area contributed by atoms with Crippen LogP contribution in [0.1, 0.15) is 16.7 Å². The number of rotatable bonds is 6. The molecular weight excluding hydrogens is 284 g/mol. The Balaban J connectivity index is 2.00. The van der Waals surface area contributed by atoms with E-state index in [4.69, 9.17) is 0 Å². The molecule has 0 saturated carbocycles. The summed E-state index contributed by atoms with van der Waals surface area (Å²) in [6.07, 6.45) is 0. The molecule has 0 aliphatic heterocycles. The van der Waals surface area contributed by atoms with Gasteiger partial charge in [-0.25, -0.2) is 0 Å². The van der Waals surface area contributed by atoms with Crippen LogP contribution in [0.3, 0.4) is 0 Å². The van der Waals surface area contributed by atoms with Crippen LogP contribution in [0.15, 0.2) is 42.5 Å². The monoisotopic (exact) mass is 302 g/mol. The molecular formula is C16H18N2O2S. The Kier molecular flexibility index (Phi) is 5.22. The van der Waals surface area contributed by atoms with Gasteiger partial charge in [0.05, 0.1) is 4.92 Å². The fourth-order valence-corrected chi connectivity index (χ4v) is 3.05. The second-order valence-corrected chi connectivity index (χ2v) is 5.83. The normalized spacial score (nSPS) is 10.4. The van der Waals surface area contributed by atoms with E-state index in [1.807, 2.05) is 6.07 Å². The second-order valence-electron chi connectivity index (χ2n) is 4.84. The number of benzene rings is 2. The zero-order chi connectivity index (χ0) is 15.2. The lowest BCUT2D eigenvalue weighted by atomic mass is 10.2. The summed E-state index contributed by atoms with van der Waals surface area (Å²) >= 11 is 1.76. The first kappa shape index (κ1) is 15.4. The molecule has 0 aromatic heterocycles. The lowest BCUT2D eigenvalue weighted by Crippen LogP contribution is -1.97. The molecule has 0 amide bonds. The molecule has 0 heterocycles. The molecule has 0 fully saturated rings. The van der Waals surface area contributed by atoms with E-state index in [2.05, 4.69) is 36.5 Å². The van der Waals surface area contributed by atoms with Gasteiger partial charge in [-0.2, -0.15) is 11.8 Å². The number of nitrogens with zero attached hydrogens (tertiary/aromatic N) is 1. The van der Waals surface area contributed by atoms with Crippen LogP contribution in [0.2, 0.25) is 0 Å². The van der Waals surface area contributed by atoms with E-state index in [1.54, 1.807) is 30.9 Å².